The Balaban J connectivity index is 2.24. The van der Waals surface area contributed by atoms with Crippen molar-refractivity contribution in [3.63, 3.8) is 0 Å². The lowest BCUT2D eigenvalue weighted by atomic mass is 10.1. The summed E-state index contributed by atoms with van der Waals surface area (Å²) in [4.78, 5) is 36.4. The van der Waals surface area contributed by atoms with Gasteiger partial charge in [-0.1, -0.05) is 36.4 Å². The van der Waals surface area contributed by atoms with Crippen LogP contribution in [0, 0.1) is 11.3 Å². The van der Waals surface area contributed by atoms with Gasteiger partial charge in [0.25, 0.3) is 5.91 Å². The molecule has 2 N–H and O–H groups in total. The Hall–Kier alpha value is -3.66. The standard InChI is InChI=1S/C19H17N3O4/c1-2-21-19(25)22-17(23)16(14-8-4-3-5-9-14)26-18(24)15-10-6-7-13(11-15)12-20/h3-11,16H,2H2,1H3,(H2,21,22,23,25)/t16-/m0/s1. The van der Waals surface area contributed by atoms with Gasteiger partial charge in [-0.25, -0.2) is 9.59 Å². The van der Waals surface area contributed by atoms with Crippen LogP contribution in [-0.4, -0.2) is 24.5 Å². The number of carbonyl (C=O) groups excluding carboxylic acids is 3. The van der Waals surface area contributed by atoms with Crippen molar-refractivity contribution in [3.8, 4) is 6.07 Å². The van der Waals surface area contributed by atoms with Gasteiger partial charge < -0.3 is 10.1 Å². The van der Waals surface area contributed by atoms with Crippen molar-refractivity contribution in [1.82, 2.24) is 10.6 Å². The van der Waals surface area contributed by atoms with Crippen LogP contribution in [0.3, 0.4) is 0 Å². The first-order valence-corrected chi connectivity index (χ1v) is 7.90. The van der Waals surface area contributed by atoms with E-state index in [0.29, 0.717) is 17.7 Å². The molecule has 7 nitrogen and oxygen atoms in total. The number of benzene rings is 2. The minimum Gasteiger partial charge on any atom is -0.444 e. The van der Waals surface area contributed by atoms with Gasteiger partial charge >= 0.3 is 12.0 Å². The summed E-state index contributed by atoms with van der Waals surface area (Å²) in [6.07, 6.45) is -1.31. The Bertz CT molecular complexity index is 843. The van der Waals surface area contributed by atoms with Gasteiger partial charge in [0, 0.05) is 12.1 Å². The van der Waals surface area contributed by atoms with Crippen molar-refractivity contribution in [2.45, 2.75) is 13.0 Å². The first kappa shape index (κ1) is 18.7. The van der Waals surface area contributed by atoms with Crippen molar-refractivity contribution in [2.75, 3.05) is 6.54 Å². The third kappa shape index (κ3) is 4.92. The molecular weight excluding hydrogens is 334 g/mol. The van der Waals surface area contributed by atoms with Crippen LogP contribution in [0.5, 0.6) is 0 Å². The first-order chi connectivity index (χ1) is 12.5. The van der Waals surface area contributed by atoms with Gasteiger partial charge in [0.15, 0.2) is 0 Å². The number of amides is 3. The summed E-state index contributed by atoms with van der Waals surface area (Å²) in [5, 5.41) is 13.5. The van der Waals surface area contributed by atoms with Crippen molar-refractivity contribution < 1.29 is 19.1 Å². The van der Waals surface area contributed by atoms with E-state index >= 15 is 0 Å². The molecule has 0 aliphatic rings. The quantitative estimate of drug-likeness (QED) is 0.804. The van der Waals surface area contributed by atoms with Crippen LogP contribution in [0.4, 0.5) is 4.79 Å². The van der Waals surface area contributed by atoms with E-state index in [-0.39, 0.29) is 5.56 Å². The number of nitrogens with one attached hydrogen (secondary N) is 2. The Labute approximate surface area is 150 Å². The molecule has 0 aliphatic carbocycles. The second kappa shape index (κ2) is 8.99. The predicted molar refractivity (Wildman–Crippen MR) is 93.0 cm³/mol. The van der Waals surface area contributed by atoms with Gasteiger partial charge in [0.2, 0.25) is 6.10 Å². The zero-order chi connectivity index (χ0) is 18.9. The second-order valence-corrected chi connectivity index (χ2v) is 5.24. The number of nitriles is 1. The normalized spacial score (nSPS) is 10.9. The molecule has 0 radical (unpaired) electrons. The molecule has 0 saturated carbocycles. The molecule has 2 aromatic rings. The summed E-state index contributed by atoms with van der Waals surface area (Å²) in [5.41, 5.74) is 0.845. The summed E-state index contributed by atoms with van der Waals surface area (Å²) in [6, 6.07) is 15.5. The lowest BCUT2D eigenvalue weighted by Gasteiger charge is -2.17. The van der Waals surface area contributed by atoms with Crippen LogP contribution < -0.4 is 10.6 Å². The Morgan fingerprint density at radius 1 is 1.12 bits per heavy atom. The van der Waals surface area contributed by atoms with Gasteiger partial charge in [-0.2, -0.15) is 5.26 Å². The third-order valence-corrected chi connectivity index (χ3v) is 3.37. The molecule has 0 aliphatic heterocycles. The zero-order valence-corrected chi connectivity index (χ0v) is 14.1. The molecule has 7 heteroatoms. The van der Waals surface area contributed by atoms with Gasteiger partial charge in [0.1, 0.15) is 0 Å². The van der Waals surface area contributed by atoms with E-state index in [1.807, 2.05) is 6.07 Å². The number of rotatable bonds is 5. The average Bonchev–Trinajstić information content (AvgIpc) is 2.66. The van der Waals surface area contributed by atoms with Gasteiger partial charge in [0.05, 0.1) is 17.2 Å². The Morgan fingerprint density at radius 2 is 1.85 bits per heavy atom. The van der Waals surface area contributed by atoms with Crippen molar-refractivity contribution in [2.24, 2.45) is 0 Å². The van der Waals surface area contributed by atoms with E-state index < -0.39 is 24.0 Å². The van der Waals surface area contributed by atoms with Crippen LogP contribution in [0.25, 0.3) is 0 Å². The smallest absolute Gasteiger partial charge is 0.339 e. The molecule has 0 saturated heterocycles. The largest absolute Gasteiger partial charge is 0.444 e. The number of nitrogens with zero attached hydrogens (tertiary/aromatic N) is 1. The molecular formula is C19H17N3O4. The molecule has 0 aromatic heterocycles. The maximum absolute atomic E-state index is 12.4. The van der Waals surface area contributed by atoms with Gasteiger partial charge in [-0.05, 0) is 25.1 Å². The summed E-state index contributed by atoms with van der Waals surface area (Å²) in [7, 11) is 0. The minimum atomic E-state index is -1.31. The molecule has 132 valence electrons. The second-order valence-electron chi connectivity index (χ2n) is 5.24. The monoisotopic (exact) mass is 351 g/mol. The molecule has 0 heterocycles. The number of carbonyl (C=O) groups is 3. The van der Waals surface area contributed by atoms with E-state index in [1.165, 1.54) is 12.1 Å². The fourth-order valence-electron chi connectivity index (χ4n) is 2.17. The van der Waals surface area contributed by atoms with Crippen LogP contribution in [0.15, 0.2) is 54.6 Å². The molecule has 2 rings (SSSR count). The van der Waals surface area contributed by atoms with Crippen LogP contribution >= 0.6 is 0 Å². The highest BCUT2D eigenvalue weighted by Crippen LogP contribution is 2.20. The number of esters is 1. The van der Waals surface area contributed by atoms with Crippen LogP contribution in [0.1, 0.15) is 34.5 Å². The maximum atomic E-state index is 12.4. The van der Waals surface area contributed by atoms with E-state index in [9.17, 15) is 14.4 Å². The molecule has 2 aromatic carbocycles. The summed E-state index contributed by atoms with van der Waals surface area (Å²) >= 11 is 0. The highest BCUT2D eigenvalue weighted by Gasteiger charge is 2.27. The zero-order valence-electron chi connectivity index (χ0n) is 14.1. The predicted octanol–water partition coefficient (Wildman–Crippen LogP) is 2.30. The number of urea groups is 1. The summed E-state index contributed by atoms with van der Waals surface area (Å²) in [5.74, 6) is -1.55. The first-order valence-electron chi connectivity index (χ1n) is 7.90. The number of hydrogen-bond donors (Lipinski definition) is 2. The highest BCUT2D eigenvalue weighted by atomic mass is 16.5. The van der Waals surface area contributed by atoms with Crippen LogP contribution in [0.2, 0.25) is 0 Å². The maximum Gasteiger partial charge on any atom is 0.339 e. The fraction of sp³-hybridized carbons (Fsp3) is 0.158. The van der Waals surface area contributed by atoms with E-state index in [4.69, 9.17) is 10.00 Å². The number of hydrogen-bond acceptors (Lipinski definition) is 5. The molecule has 3 amide bonds. The third-order valence-electron chi connectivity index (χ3n) is 3.37. The average molecular weight is 351 g/mol. The molecule has 0 bridgehead atoms. The van der Waals surface area contributed by atoms with E-state index in [0.717, 1.165) is 0 Å². The van der Waals surface area contributed by atoms with Crippen molar-refractivity contribution in [1.29, 1.82) is 5.26 Å². The van der Waals surface area contributed by atoms with Gasteiger partial charge in [-0.15, -0.1) is 0 Å². The SMILES string of the molecule is CCNC(=O)NC(=O)[C@@H](OC(=O)c1cccc(C#N)c1)c1ccccc1. The fourth-order valence-corrected chi connectivity index (χ4v) is 2.17. The highest BCUT2D eigenvalue weighted by molar-refractivity contribution is 5.99. The lowest BCUT2D eigenvalue weighted by molar-refractivity contribution is -0.129. The Morgan fingerprint density at radius 3 is 2.50 bits per heavy atom. The topological polar surface area (TPSA) is 108 Å². The lowest BCUT2D eigenvalue weighted by Crippen LogP contribution is -2.42. The molecule has 0 spiro atoms. The van der Waals surface area contributed by atoms with Crippen molar-refractivity contribution >= 4 is 17.9 Å². The van der Waals surface area contributed by atoms with Crippen LogP contribution in [-0.2, 0) is 9.53 Å². The molecule has 1 atom stereocenters. The van der Waals surface area contributed by atoms with E-state index in [1.54, 1.807) is 49.4 Å². The number of ether oxygens (including phenoxy) is 1. The summed E-state index contributed by atoms with van der Waals surface area (Å²) < 4.78 is 5.32. The number of imide groups is 1. The minimum absolute atomic E-state index is 0.135. The summed E-state index contributed by atoms with van der Waals surface area (Å²) in [6.45, 7) is 2.05. The van der Waals surface area contributed by atoms with E-state index in [2.05, 4.69) is 10.6 Å². The van der Waals surface area contributed by atoms with Gasteiger partial charge in [-0.3, -0.25) is 10.1 Å². The Kier molecular flexibility index (Phi) is 6.46. The molecule has 0 fully saturated rings. The molecule has 0 unspecified atom stereocenters. The van der Waals surface area contributed by atoms with Crippen molar-refractivity contribution in [3.05, 3.63) is 71.3 Å². The molecule has 26 heavy (non-hydrogen) atoms.